The number of anilines is 1. The third-order valence-corrected chi connectivity index (χ3v) is 6.43. The fraction of sp³-hybridized carbons (Fsp3) is 0.667. The zero-order chi connectivity index (χ0) is 13.7. The van der Waals surface area contributed by atoms with Crippen LogP contribution in [0.1, 0.15) is 50.0 Å². The molecule has 4 bridgehead atoms. The van der Waals surface area contributed by atoms with Gasteiger partial charge in [-0.15, -0.1) is 0 Å². The number of nitrogen functional groups attached to an aromatic ring is 1. The topological polar surface area (TPSA) is 52.0 Å². The summed E-state index contributed by atoms with van der Waals surface area (Å²) in [6.45, 7) is 0.750. The zero-order valence-electron chi connectivity index (χ0n) is 12.2. The molecule has 0 radical (unpaired) electrons. The number of benzene rings is 1. The molecule has 4 aliphatic carbocycles. The van der Waals surface area contributed by atoms with Crippen molar-refractivity contribution in [2.45, 2.75) is 44.4 Å². The molecule has 1 aromatic carbocycles. The zero-order valence-corrected chi connectivity index (χ0v) is 12.2. The highest BCUT2D eigenvalue weighted by Crippen LogP contribution is 2.64. The number of para-hydroxylation sites is 1. The standard InChI is InChI=1S/C18H26N2/c19-11-16(15-3-1-2-4-17(15)20)18-8-12-5-13(9-18)7-14(6-12)10-18/h1-4,12-14,16H,5-11,19-20H2. The fourth-order valence-corrected chi connectivity index (χ4v) is 6.14. The Morgan fingerprint density at radius 1 is 1.00 bits per heavy atom. The van der Waals surface area contributed by atoms with E-state index in [2.05, 4.69) is 12.1 Å². The molecule has 0 heterocycles. The van der Waals surface area contributed by atoms with Crippen LogP contribution in [0.4, 0.5) is 5.69 Å². The molecule has 4 saturated carbocycles. The quantitative estimate of drug-likeness (QED) is 0.826. The first-order valence-electron chi connectivity index (χ1n) is 8.24. The summed E-state index contributed by atoms with van der Waals surface area (Å²) in [5.74, 6) is 3.39. The highest BCUT2D eigenvalue weighted by atomic mass is 14.7. The van der Waals surface area contributed by atoms with Crippen molar-refractivity contribution in [3.8, 4) is 0 Å². The van der Waals surface area contributed by atoms with Crippen LogP contribution in [0.15, 0.2) is 24.3 Å². The van der Waals surface area contributed by atoms with Gasteiger partial charge in [0, 0.05) is 11.6 Å². The molecule has 5 rings (SSSR count). The molecule has 0 spiro atoms. The lowest BCUT2D eigenvalue weighted by molar-refractivity contribution is -0.0670. The van der Waals surface area contributed by atoms with Gasteiger partial charge in [-0.1, -0.05) is 18.2 Å². The van der Waals surface area contributed by atoms with Crippen LogP contribution < -0.4 is 11.5 Å². The van der Waals surface area contributed by atoms with Gasteiger partial charge in [-0.3, -0.25) is 0 Å². The normalized spacial score (nSPS) is 40.0. The first kappa shape index (κ1) is 12.7. The summed E-state index contributed by atoms with van der Waals surface area (Å²) in [6.07, 6.45) is 8.65. The third-order valence-electron chi connectivity index (χ3n) is 6.43. The van der Waals surface area contributed by atoms with Crippen LogP contribution in [-0.2, 0) is 0 Å². The molecule has 108 valence electrons. The van der Waals surface area contributed by atoms with Crippen LogP contribution in [-0.4, -0.2) is 6.54 Å². The predicted molar refractivity (Wildman–Crippen MR) is 83.3 cm³/mol. The first-order chi connectivity index (χ1) is 9.70. The summed E-state index contributed by atoms with van der Waals surface area (Å²) in [5.41, 5.74) is 15.2. The van der Waals surface area contributed by atoms with Crippen LogP contribution >= 0.6 is 0 Å². The summed E-state index contributed by atoms with van der Waals surface area (Å²) < 4.78 is 0. The molecule has 0 aromatic heterocycles. The maximum atomic E-state index is 6.26. The van der Waals surface area contributed by atoms with E-state index in [-0.39, 0.29) is 0 Å². The van der Waals surface area contributed by atoms with Gasteiger partial charge in [0.15, 0.2) is 0 Å². The number of hydrogen-bond donors (Lipinski definition) is 2. The Kier molecular flexibility index (Phi) is 2.85. The summed E-state index contributed by atoms with van der Waals surface area (Å²) in [6, 6.07) is 8.41. The van der Waals surface area contributed by atoms with Gasteiger partial charge in [0.05, 0.1) is 0 Å². The molecule has 1 unspecified atom stereocenters. The van der Waals surface area contributed by atoms with Gasteiger partial charge in [-0.2, -0.15) is 0 Å². The van der Waals surface area contributed by atoms with E-state index in [1.54, 1.807) is 0 Å². The molecule has 2 heteroatoms. The van der Waals surface area contributed by atoms with Gasteiger partial charge < -0.3 is 11.5 Å². The van der Waals surface area contributed by atoms with Crippen molar-refractivity contribution in [2.75, 3.05) is 12.3 Å². The van der Waals surface area contributed by atoms with Gasteiger partial charge in [-0.25, -0.2) is 0 Å². The summed E-state index contributed by atoms with van der Waals surface area (Å²) >= 11 is 0. The van der Waals surface area contributed by atoms with E-state index in [0.29, 0.717) is 11.3 Å². The van der Waals surface area contributed by atoms with Crippen LogP contribution in [0.2, 0.25) is 0 Å². The maximum absolute atomic E-state index is 6.26. The lowest BCUT2D eigenvalue weighted by Gasteiger charge is -2.59. The van der Waals surface area contributed by atoms with E-state index < -0.39 is 0 Å². The Morgan fingerprint density at radius 2 is 1.55 bits per heavy atom. The molecular formula is C18H26N2. The maximum Gasteiger partial charge on any atom is 0.0350 e. The average molecular weight is 270 g/mol. The van der Waals surface area contributed by atoms with Crippen molar-refractivity contribution in [3.63, 3.8) is 0 Å². The summed E-state index contributed by atoms with van der Waals surface area (Å²) in [4.78, 5) is 0. The predicted octanol–water partition coefficient (Wildman–Crippen LogP) is 3.53. The smallest absolute Gasteiger partial charge is 0.0350 e. The van der Waals surface area contributed by atoms with Crippen molar-refractivity contribution in [1.29, 1.82) is 0 Å². The average Bonchev–Trinajstić information content (AvgIpc) is 2.40. The van der Waals surface area contributed by atoms with E-state index in [9.17, 15) is 0 Å². The first-order valence-corrected chi connectivity index (χ1v) is 8.24. The Balaban J connectivity index is 1.73. The molecule has 4 fully saturated rings. The summed E-state index contributed by atoms with van der Waals surface area (Å²) in [7, 11) is 0. The van der Waals surface area contributed by atoms with Crippen molar-refractivity contribution in [2.24, 2.45) is 28.9 Å². The van der Waals surface area contributed by atoms with E-state index in [0.717, 1.165) is 30.0 Å². The van der Waals surface area contributed by atoms with E-state index in [4.69, 9.17) is 11.5 Å². The lowest BCUT2D eigenvalue weighted by atomic mass is 9.46. The molecule has 1 aromatic rings. The van der Waals surface area contributed by atoms with Gasteiger partial charge in [0.1, 0.15) is 0 Å². The Bertz CT molecular complexity index is 473. The van der Waals surface area contributed by atoms with Gasteiger partial charge in [0.25, 0.3) is 0 Å². The van der Waals surface area contributed by atoms with Crippen molar-refractivity contribution in [1.82, 2.24) is 0 Å². The van der Waals surface area contributed by atoms with Crippen LogP contribution in [0.3, 0.4) is 0 Å². The van der Waals surface area contributed by atoms with Gasteiger partial charge in [-0.05, 0) is 79.9 Å². The second-order valence-corrected chi connectivity index (χ2v) is 7.70. The largest absolute Gasteiger partial charge is 0.398 e. The minimum Gasteiger partial charge on any atom is -0.398 e. The van der Waals surface area contributed by atoms with Crippen LogP contribution in [0.25, 0.3) is 0 Å². The Hall–Kier alpha value is -1.02. The second-order valence-electron chi connectivity index (χ2n) is 7.70. The molecule has 2 nitrogen and oxygen atoms in total. The Labute approximate surface area is 121 Å². The van der Waals surface area contributed by atoms with Crippen molar-refractivity contribution < 1.29 is 0 Å². The number of hydrogen-bond acceptors (Lipinski definition) is 2. The SMILES string of the molecule is NCC(c1ccccc1N)C12CC3CC(CC(C3)C1)C2. The van der Waals surface area contributed by atoms with E-state index in [1.807, 2.05) is 12.1 Å². The number of nitrogens with two attached hydrogens (primary N) is 2. The fourth-order valence-electron chi connectivity index (χ4n) is 6.14. The third kappa shape index (κ3) is 1.81. The molecular weight excluding hydrogens is 244 g/mol. The highest BCUT2D eigenvalue weighted by molar-refractivity contribution is 5.49. The van der Waals surface area contributed by atoms with Gasteiger partial charge >= 0.3 is 0 Å². The van der Waals surface area contributed by atoms with Crippen LogP contribution in [0, 0.1) is 23.2 Å². The molecule has 20 heavy (non-hydrogen) atoms. The monoisotopic (exact) mass is 270 g/mol. The highest BCUT2D eigenvalue weighted by Gasteiger charge is 2.54. The Morgan fingerprint density at radius 3 is 2.05 bits per heavy atom. The molecule has 0 aliphatic heterocycles. The molecule has 0 saturated heterocycles. The van der Waals surface area contributed by atoms with Crippen LogP contribution in [0.5, 0.6) is 0 Å². The second kappa shape index (κ2) is 4.49. The molecule has 4 N–H and O–H groups in total. The minimum absolute atomic E-state index is 0.457. The molecule has 0 amide bonds. The van der Waals surface area contributed by atoms with Crippen molar-refractivity contribution >= 4 is 5.69 Å². The number of rotatable bonds is 3. The molecule has 1 atom stereocenters. The molecule has 4 aliphatic rings. The van der Waals surface area contributed by atoms with E-state index in [1.165, 1.54) is 44.1 Å². The minimum atomic E-state index is 0.457. The van der Waals surface area contributed by atoms with Gasteiger partial charge in [0.2, 0.25) is 0 Å². The summed E-state index contributed by atoms with van der Waals surface area (Å²) in [5, 5.41) is 0. The van der Waals surface area contributed by atoms with Crippen molar-refractivity contribution in [3.05, 3.63) is 29.8 Å². The van der Waals surface area contributed by atoms with E-state index >= 15 is 0 Å². The lowest BCUT2D eigenvalue weighted by Crippen LogP contribution is -2.50.